The molecule has 194 valence electrons. The fourth-order valence-corrected chi connectivity index (χ4v) is 4.07. The molecule has 0 saturated carbocycles. The second kappa shape index (κ2) is 20.5. The molecule has 0 atom stereocenters. The topological polar surface area (TPSA) is 52.6 Å². The van der Waals surface area contributed by atoms with Crippen molar-refractivity contribution in [1.82, 2.24) is 0 Å². The van der Waals surface area contributed by atoms with Crippen molar-refractivity contribution in [2.75, 3.05) is 0 Å². The van der Waals surface area contributed by atoms with Crippen LogP contribution in [0, 0.1) is 0 Å². The van der Waals surface area contributed by atoms with Crippen LogP contribution >= 0.6 is 0 Å². The first-order valence-electron chi connectivity index (χ1n) is 14.1. The number of unbranched alkanes of at least 4 members (excludes halogenated alkanes) is 13. The molecule has 0 radical (unpaired) electrons. The van der Waals surface area contributed by atoms with Gasteiger partial charge in [0.2, 0.25) is 0 Å². The van der Waals surface area contributed by atoms with Crippen LogP contribution in [0.5, 0.6) is 11.5 Å². The van der Waals surface area contributed by atoms with Crippen LogP contribution in [0.3, 0.4) is 0 Å². The fraction of sp³-hybridized carbons (Fsp3) is 0.733. The standard InChI is InChI=1S/C30H50O4/c1-4-7-10-13-14-15-16-17-20-26-23-24-27(33-29(31)21-18-11-8-5-2)28(25-26)34-30(32)22-19-12-9-6-3/h23-25H,4-22H2,1-3H3. The first kappa shape index (κ1) is 30.2. The number of carbonyl (C=O) groups excluding carboxylic acids is 2. The molecule has 0 amide bonds. The van der Waals surface area contributed by atoms with Gasteiger partial charge < -0.3 is 9.47 Å². The first-order chi connectivity index (χ1) is 16.6. The molecule has 4 nitrogen and oxygen atoms in total. The van der Waals surface area contributed by atoms with Gasteiger partial charge in [0.1, 0.15) is 0 Å². The minimum absolute atomic E-state index is 0.249. The number of rotatable bonds is 21. The van der Waals surface area contributed by atoms with E-state index in [1.165, 1.54) is 44.9 Å². The third-order valence-electron chi connectivity index (χ3n) is 6.24. The van der Waals surface area contributed by atoms with Crippen LogP contribution in [-0.4, -0.2) is 11.9 Å². The summed E-state index contributed by atoms with van der Waals surface area (Å²) in [6.07, 6.45) is 20.2. The van der Waals surface area contributed by atoms with Gasteiger partial charge in [0, 0.05) is 12.8 Å². The van der Waals surface area contributed by atoms with Gasteiger partial charge in [-0.1, -0.05) is 110 Å². The summed E-state index contributed by atoms with van der Waals surface area (Å²) in [6, 6.07) is 5.69. The fourth-order valence-electron chi connectivity index (χ4n) is 4.07. The Bertz CT molecular complexity index is 668. The summed E-state index contributed by atoms with van der Waals surface area (Å²) in [7, 11) is 0. The molecule has 1 rings (SSSR count). The van der Waals surface area contributed by atoms with Crippen LogP contribution in [0.1, 0.15) is 142 Å². The van der Waals surface area contributed by atoms with Gasteiger partial charge in [-0.3, -0.25) is 9.59 Å². The zero-order valence-corrected chi connectivity index (χ0v) is 22.3. The number of ether oxygens (including phenoxy) is 2. The number of carbonyl (C=O) groups is 2. The van der Waals surface area contributed by atoms with Gasteiger partial charge in [0.25, 0.3) is 0 Å². The maximum atomic E-state index is 12.4. The molecule has 0 bridgehead atoms. The van der Waals surface area contributed by atoms with Crippen molar-refractivity contribution >= 4 is 11.9 Å². The van der Waals surface area contributed by atoms with E-state index in [1.54, 1.807) is 6.07 Å². The predicted octanol–water partition coefficient (Wildman–Crippen LogP) is 9.12. The van der Waals surface area contributed by atoms with Gasteiger partial charge in [-0.05, 0) is 43.4 Å². The van der Waals surface area contributed by atoms with Gasteiger partial charge in [0.15, 0.2) is 11.5 Å². The molecule has 0 aliphatic carbocycles. The van der Waals surface area contributed by atoms with Crippen molar-refractivity contribution in [3.05, 3.63) is 23.8 Å². The number of aryl methyl sites for hydroxylation is 1. The second-order valence-corrected chi connectivity index (χ2v) is 9.58. The molecule has 0 aliphatic rings. The molecule has 4 heteroatoms. The van der Waals surface area contributed by atoms with E-state index in [9.17, 15) is 9.59 Å². The van der Waals surface area contributed by atoms with E-state index in [0.717, 1.165) is 69.8 Å². The molecule has 0 unspecified atom stereocenters. The van der Waals surface area contributed by atoms with Crippen LogP contribution in [0.4, 0.5) is 0 Å². The Kier molecular flexibility index (Phi) is 18.2. The van der Waals surface area contributed by atoms with E-state index >= 15 is 0 Å². The van der Waals surface area contributed by atoms with Gasteiger partial charge in [-0.25, -0.2) is 0 Å². The molecule has 34 heavy (non-hydrogen) atoms. The zero-order chi connectivity index (χ0) is 24.9. The molecule has 0 fully saturated rings. The highest BCUT2D eigenvalue weighted by molar-refractivity contribution is 5.76. The summed E-state index contributed by atoms with van der Waals surface area (Å²) in [5, 5.41) is 0. The summed E-state index contributed by atoms with van der Waals surface area (Å²) in [5.41, 5.74) is 1.13. The Morgan fingerprint density at radius 3 is 1.53 bits per heavy atom. The smallest absolute Gasteiger partial charge is 0.311 e. The van der Waals surface area contributed by atoms with E-state index in [2.05, 4.69) is 20.8 Å². The highest BCUT2D eigenvalue weighted by atomic mass is 16.6. The Hall–Kier alpha value is -1.84. The summed E-state index contributed by atoms with van der Waals surface area (Å²) < 4.78 is 11.3. The van der Waals surface area contributed by atoms with Crippen LogP contribution in [-0.2, 0) is 16.0 Å². The van der Waals surface area contributed by atoms with E-state index in [-0.39, 0.29) is 11.9 Å². The molecule has 0 heterocycles. The number of esters is 2. The van der Waals surface area contributed by atoms with Crippen LogP contribution in [0.25, 0.3) is 0 Å². The molecular weight excluding hydrogens is 424 g/mol. The Morgan fingerprint density at radius 1 is 0.559 bits per heavy atom. The van der Waals surface area contributed by atoms with Crippen LogP contribution in [0.2, 0.25) is 0 Å². The molecule has 1 aromatic rings. The van der Waals surface area contributed by atoms with Crippen molar-refractivity contribution in [3.8, 4) is 11.5 Å². The maximum absolute atomic E-state index is 12.4. The van der Waals surface area contributed by atoms with Gasteiger partial charge in [-0.15, -0.1) is 0 Å². The second-order valence-electron chi connectivity index (χ2n) is 9.58. The van der Waals surface area contributed by atoms with E-state index in [4.69, 9.17) is 9.47 Å². The largest absolute Gasteiger partial charge is 0.423 e. The third kappa shape index (κ3) is 15.1. The quantitative estimate of drug-likeness (QED) is 0.101. The lowest BCUT2D eigenvalue weighted by Gasteiger charge is -2.13. The highest BCUT2D eigenvalue weighted by Crippen LogP contribution is 2.30. The summed E-state index contributed by atoms with van der Waals surface area (Å²) in [6.45, 7) is 6.55. The lowest BCUT2D eigenvalue weighted by molar-refractivity contribution is -0.137. The Balaban J connectivity index is 2.63. The number of hydrogen-bond donors (Lipinski definition) is 0. The average molecular weight is 475 g/mol. The molecular formula is C30H50O4. The molecule has 0 aliphatic heterocycles. The predicted molar refractivity (Wildman–Crippen MR) is 142 cm³/mol. The van der Waals surface area contributed by atoms with Crippen molar-refractivity contribution in [2.45, 2.75) is 143 Å². The molecule has 0 saturated heterocycles. The SMILES string of the molecule is CCCCCCCCCCc1ccc(OC(=O)CCCCCC)c(OC(=O)CCCCCC)c1. The minimum Gasteiger partial charge on any atom is -0.423 e. The highest BCUT2D eigenvalue weighted by Gasteiger charge is 2.15. The van der Waals surface area contributed by atoms with Crippen molar-refractivity contribution in [2.24, 2.45) is 0 Å². The van der Waals surface area contributed by atoms with E-state index < -0.39 is 0 Å². The lowest BCUT2D eigenvalue weighted by Crippen LogP contribution is -2.12. The number of hydrogen-bond acceptors (Lipinski definition) is 4. The molecule has 0 spiro atoms. The van der Waals surface area contributed by atoms with E-state index in [1.807, 2.05) is 12.1 Å². The Labute approximate surface area is 209 Å². The van der Waals surface area contributed by atoms with Crippen LogP contribution in [0.15, 0.2) is 18.2 Å². The monoisotopic (exact) mass is 474 g/mol. The van der Waals surface area contributed by atoms with Gasteiger partial charge in [0.05, 0.1) is 0 Å². The first-order valence-corrected chi connectivity index (χ1v) is 14.1. The van der Waals surface area contributed by atoms with Gasteiger partial charge >= 0.3 is 11.9 Å². The number of benzene rings is 1. The average Bonchev–Trinajstić information content (AvgIpc) is 2.83. The van der Waals surface area contributed by atoms with E-state index in [0.29, 0.717) is 24.3 Å². The Morgan fingerprint density at radius 2 is 1.00 bits per heavy atom. The molecule has 1 aromatic carbocycles. The van der Waals surface area contributed by atoms with Crippen LogP contribution < -0.4 is 9.47 Å². The third-order valence-corrected chi connectivity index (χ3v) is 6.24. The summed E-state index contributed by atoms with van der Waals surface area (Å²) in [4.78, 5) is 24.7. The normalized spacial score (nSPS) is 10.9. The van der Waals surface area contributed by atoms with Gasteiger partial charge in [-0.2, -0.15) is 0 Å². The zero-order valence-electron chi connectivity index (χ0n) is 22.3. The maximum Gasteiger partial charge on any atom is 0.311 e. The molecule has 0 N–H and O–H groups in total. The molecule has 0 aromatic heterocycles. The summed E-state index contributed by atoms with van der Waals surface area (Å²) in [5.74, 6) is 0.245. The summed E-state index contributed by atoms with van der Waals surface area (Å²) >= 11 is 0. The minimum atomic E-state index is -0.257. The van der Waals surface area contributed by atoms with Crippen molar-refractivity contribution < 1.29 is 19.1 Å². The van der Waals surface area contributed by atoms with Crippen molar-refractivity contribution in [1.29, 1.82) is 0 Å². The van der Waals surface area contributed by atoms with Crippen molar-refractivity contribution in [3.63, 3.8) is 0 Å². The lowest BCUT2D eigenvalue weighted by atomic mass is 10.0.